The van der Waals surface area contributed by atoms with Crippen molar-refractivity contribution in [2.75, 3.05) is 0 Å². The van der Waals surface area contributed by atoms with Gasteiger partial charge in [0.15, 0.2) is 11.4 Å². The van der Waals surface area contributed by atoms with Crippen LogP contribution in [0.1, 0.15) is 5.56 Å². The van der Waals surface area contributed by atoms with Crippen LogP contribution in [0.25, 0.3) is 52.3 Å². The molecule has 8 aromatic rings. The van der Waals surface area contributed by atoms with Crippen molar-refractivity contribution in [2.24, 2.45) is 20.5 Å². The quantitative estimate of drug-likeness (QED) is 0.0451. The van der Waals surface area contributed by atoms with Gasteiger partial charge in [-0.1, -0.05) is 6.07 Å². The molecular weight excluding hydrogens is 950 g/mol. The number of thiazole rings is 2. The summed E-state index contributed by atoms with van der Waals surface area (Å²) in [6.45, 7) is 1.60. The molecule has 3 radical (unpaired) electrons. The van der Waals surface area contributed by atoms with Gasteiger partial charge in [0.1, 0.15) is 32.1 Å². The first-order valence-electron chi connectivity index (χ1n) is 16.8. The zero-order valence-corrected chi connectivity index (χ0v) is 43.1. The summed E-state index contributed by atoms with van der Waals surface area (Å²) in [5.41, 5.74) is 2.27. The fraction of sp³-hybridized carbons (Fsp3) is 0.0270. The molecule has 8 rings (SSSR count). The van der Waals surface area contributed by atoms with E-state index in [9.17, 15) is 54.2 Å². The topological polar surface area (TPSA) is 299 Å². The van der Waals surface area contributed by atoms with E-state index in [2.05, 4.69) is 25.4 Å². The average molecular weight is 974 g/mol. The molecule has 307 valence electrons. The number of benzene rings is 6. The van der Waals surface area contributed by atoms with E-state index in [4.69, 9.17) is 4.98 Å². The van der Waals surface area contributed by atoms with Crippen molar-refractivity contribution in [3.8, 4) is 38.4 Å². The Balaban J connectivity index is 0.00000249. The molecule has 0 bridgehead atoms. The number of fused-ring (bicyclic) bond motifs is 3. The fourth-order valence-electron chi connectivity index (χ4n) is 6.11. The van der Waals surface area contributed by atoms with Crippen LogP contribution >= 0.6 is 22.7 Å². The summed E-state index contributed by atoms with van der Waals surface area (Å²) in [4.78, 5) is 7.64. The number of rotatable bonds is 9. The number of aromatic nitrogens is 2. The van der Waals surface area contributed by atoms with Gasteiger partial charge in [0.2, 0.25) is 0 Å². The standard InChI is InChI=1S/C37H24N6O12S5.3Na/c1-17-2-8-26-34(35(17)60(53,54)55)57-37(39-26)19-5-9-24-30(14-19)56-36(38-24)18-3-6-21(7-4-18)40-43-32-28(44)11-10-25(33(32)46)41-42-27-15-22(58(47,48)49)12-20-13-23(59(50,51)52)16-29(45)31(20)27;;;/h2-16,44-46H,1H3,(H,47,48,49)(H,50,51,52)(H,53,54,55);;;. The third kappa shape index (κ3) is 10.6. The maximum Gasteiger partial charge on any atom is 0.296 e. The second-order valence-corrected chi connectivity index (χ2v) is 19.2. The van der Waals surface area contributed by atoms with E-state index in [0.717, 1.165) is 57.5 Å². The van der Waals surface area contributed by atoms with Gasteiger partial charge in [-0.15, -0.1) is 38.0 Å². The van der Waals surface area contributed by atoms with Crippen LogP contribution < -0.4 is 0 Å². The van der Waals surface area contributed by atoms with E-state index in [1.54, 1.807) is 43.3 Å². The molecule has 6 N–H and O–H groups in total. The van der Waals surface area contributed by atoms with E-state index in [-0.39, 0.29) is 116 Å². The van der Waals surface area contributed by atoms with Gasteiger partial charge in [-0.2, -0.15) is 30.4 Å². The number of azo groups is 2. The van der Waals surface area contributed by atoms with Gasteiger partial charge in [0.05, 0.1) is 47.0 Å². The summed E-state index contributed by atoms with van der Waals surface area (Å²) in [5, 5.41) is 48.7. The first-order chi connectivity index (χ1) is 28.2. The predicted molar refractivity (Wildman–Crippen MR) is 239 cm³/mol. The van der Waals surface area contributed by atoms with Crippen LogP contribution in [0.2, 0.25) is 0 Å². The van der Waals surface area contributed by atoms with Gasteiger partial charge < -0.3 is 15.3 Å². The predicted octanol–water partition coefficient (Wildman–Crippen LogP) is 8.25. The third-order valence-corrected chi connectivity index (χ3v) is 13.9. The molecule has 0 atom stereocenters. The number of aryl methyl sites for hydroxylation is 1. The maximum atomic E-state index is 12.1. The van der Waals surface area contributed by atoms with Gasteiger partial charge >= 0.3 is 0 Å². The average Bonchev–Trinajstić information content (AvgIpc) is 3.80. The normalized spacial score (nSPS) is 12.2. The van der Waals surface area contributed by atoms with E-state index >= 15 is 0 Å². The molecule has 0 saturated carbocycles. The van der Waals surface area contributed by atoms with Crippen LogP contribution in [0.5, 0.6) is 17.2 Å². The van der Waals surface area contributed by atoms with E-state index in [0.29, 0.717) is 43.1 Å². The van der Waals surface area contributed by atoms with E-state index in [1.807, 2.05) is 18.2 Å². The smallest absolute Gasteiger partial charge is 0.296 e. The van der Waals surface area contributed by atoms with Crippen LogP contribution in [-0.4, -0.2) is 153 Å². The Bertz CT molecular complexity index is 3530. The van der Waals surface area contributed by atoms with Crippen molar-refractivity contribution in [3.63, 3.8) is 0 Å². The van der Waals surface area contributed by atoms with E-state index < -0.39 is 63.1 Å². The minimum absolute atomic E-state index is 0. The maximum absolute atomic E-state index is 12.1. The molecule has 0 aliphatic heterocycles. The number of hydrogen-bond acceptors (Lipinski definition) is 17. The Morgan fingerprint density at radius 2 is 1.14 bits per heavy atom. The summed E-state index contributed by atoms with van der Waals surface area (Å²) in [7, 11) is -14.2. The molecule has 0 unspecified atom stereocenters. The molecule has 2 aromatic heterocycles. The minimum atomic E-state index is -4.89. The van der Waals surface area contributed by atoms with Gasteiger partial charge in [-0.25, -0.2) is 9.97 Å². The number of phenols is 3. The van der Waals surface area contributed by atoms with Gasteiger partial charge in [0.25, 0.3) is 30.4 Å². The Hall–Kier alpha value is -3.31. The number of phenolic OH excluding ortho intramolecular Hbond substituents is 3. The van der Waals surface area contributed by atoms with Crippen molar-refractivity contribution in [1.29, 1.82) is 0 Å². The summed E-state index contributed by atoms with van der Waals surface area (Å²) >= 11 is 2.56. The van der Waals surface area contributed by atoms with Crippen LogP contribution in [0.3, 0.4) is 0 Å². The SMILES string of the molecule is Cc1ccc2nc(-c3ccc4nc(-c5ccc(N=Nc6c(O)ccc(N=Nc7cc(S(=O)(=O)O)cc8cc(S(=O)(=O)O)cc(O)c78)c6O)cc5)sc4c3)sc2c1S(=O)(=O)O.[Na].[Na].[Na]. The summed E-state index contributed by atoms with van der Waals surface area (Å²) < 4.78 is 102. The molecular formula is C37H24N6Na3O12S5. The van der Waals surface area contributed by atoms with Crippen molar-refractivity contribution < 1.29 is 54.2 Å². The summed E-state index contributed by atoms with van der Waals surface area (Å²) in [6.07, 6.45) is 0. The summed E-state index contributed by atoms with van der Waals surface area (Å²) in [6, 6.07) is 21.1. The first kappa shape index (κ1) is 50.7. The van der Waals surface area contributed by atoms with Crippen molar-refractivity contribution in [3.05, 3.63) is 96.6 Å². The van der Waals surface area contributed by atoms with Crippen LogP contribution in [0.15, 0.2) is 126 Å². The van der Waals surface area contributed by atoms with Crippen LogP contribution in [-0.2, 0) is 30.4 Å². The molecule has 0 aliphatic rings. The Kier molecular flexibility index (Phi) is 15.5. The number of aromatic hydroxyl groups is 3. The molecule has 0 saturated heterocycles. The first-order valence-corrected chi connectivity index (χ1v) is 22.7. The Morgan fingerprint density at radius 3 is 1.79 bits per heavy atom. The molecule has 0 fully saturated rings. The monoisotopic (exact) mass is 973 g/mol. The van der Waals surface area contributed by atoms with Crippen LogP contribution in [0, 0.1) is 6.92 Å². The largest absolute Gasteiger partial charge is 0.507 e. The minimum Gasteiger partial charge on any atom is -0.507 e. The van der Waals surface area contributed by atoms with Gasteiger partial charge in [0, 0.05) is 106 Å². The van der Waals surface area contributed by atoms with Gasteiger partial charge in [-0.3, -0.25) is 13.7 Å². The van der Waals surface area contributed by atoms with Gasteiger partial charge in [-0.05, 0) is 96.7 Å². The van der Waals surface area contributed by atoms with Crippen molar-refractivity contribution in [2.45, 2.75) is 21.6 Å². The molecule has 0 spiro atoms. The molecule has 0 amide bonds. The number of nitrogens with zero attached hydrogens (tertiary/aromatic N) is 6. The molecule has 2 heterocycles. The Labute approximate surface area is 431 Å². The second kappa shape index (κ2) is 19.3. The summed E-state index contributed by atoms with van der Waals surface area (Å²) in [5.74, 6) is -1.92. The van der Waals surface area contributed by atoms with Crippen molar-refractivity contribution in [1.82, 2.24) is 9.97 Å². The molecule has 0 aliphatic carbocycles. The third-order valence-electron chi connectivity index (χ3n) is 8.91. The molecule has 18 nitrogen and oxygen atoms in total. The zero-order valence-electron chi connectivity index (χ0n) is 33.0. The molecule has 6 aromatic carbocycles. The Morgan fingerprint density at radius 1 is 0.556 bits per heavy atom. The van der Waals surface area contributed by atoms with Crippen molar-refractivity contribution >= 4 is 196 Å². The fourth-order valence-corrected chi connectivity index (χ4v) is 10.5. The molecule has 63 heavy (non-hydrogen) atoms. The second-order valence-electron chi connectivity index (χ2n) is 12.9. The molecule has 26 heteroatoms. The van der Waals surface area contributed by atoms with E-state index in [1.165, 1.54) is 11.3 Å². The van der Waals surface area contributed by atoms with Crippen LogP contribution in [0.4, 0.5) is 22.7 Å². The zero-order chi connectivity index (χ0) is 42.9. The number of hydrogen-bond donors (Lipinski definition) is 6.